The molecule has 4 aromatic rings. The number of nitrogens with one attached hydrogen (secondary N) is 3. The average molecular weight is 615 g/mol. The molecule has 0 aliphatic carbocycles. The molecule has 0 fully saturated rings. The van der Waals surface area contributed by atoms with E-state index in [4.69, 9.17) is 4.74 Å². The minimum atomic E-state index is -4.79. The van der Waals surface area contributed by atoms with Crippen LogP contribution in [0.4, 0.5) is 19.0 Å². The van der Waals surface area contributed by atoms with Gasteiger partial charge in [-0.1, -0.05) is 30.3 Å². The summed E-state index contributed by atoms with van der Waals surface area (Å²) in [6.45, 7) is 3.98. The van der Waals surface area contributed by atoms with Crippen LogP contribution in [-0.2, 0) is 35.6 Å². The van der Waals surface area contributed by atoms with Gasteiger partial charge in [-0.05, 0) is 54.7 Å². The number of anilines is 1. The van der Waals surface area contributed by atoms with Gasteiger partial charge < -0.3 is 25.5 Å². The lowest BCUT2D eigenvalue weighted by molar-refractivity contribution is -0.253. The van der Waals surface area contributed by atoms with Crippen LogP contribution in [0.5, 0.6) is 0 Å². The Kier molecular flexibility index (Phi) is 10.8. The molecule has 0 spiro atoms. The van der Waals surface area contributed by atoms with E-state index in [2.05, 4.69) is 20.6 Å². The second kappa shape index (κ2) is 14.5. The van der Waals surface area contributed by atoms with Gasteiger partial charge in [-0.2, -0.15) is 13.2 Å². The van der Waals surface area contributed by atoms with Crippen molar-refractivity contribution in [1.82, 2.24) is 24.8 Å². The lowest BCUT2D eigenvalue weighted by Gasteiger charge is -2.29. The van der Waals surface area contributed by atoms with Crippen molar-refractivity contribution in [2.24, 2.45) is 0 Å². The van der Waals surface area contributed by atoms with Crippen molar-refractivity contribution in [1.29, 1.82) is 0 Å². The van der Waals surface area contributed by atoms with Crippen molar-refractivity contribution < 1.29 is 27.8 Å². The highest BCUT2D eigenvalue weighted by Gasteiger charge is 2.42. The predicted molar refractivity (Wildman–Crippen MR) is 161 cm³/mol. The number of aliphatic hydroxyl groups excluding tert-OH is 1. The minimum absolute atomic E-state index is 0.0313. The number of nitrogens with zero attached hydrogens (tertiary/aromatic N) is 3. The maximum Gasteiger partial charge on any atom is 0.428 e. The number of carbonyl (C=O) groups excluding carboxylic acids is 1. The second-order valence-corrected chi connectivity index (χ2v) is 10.6. The molecular weight excluding hydrogens is 577 g/mol. The van der Waals surface area contributed by atoms with Crippen molar-refractivity contribution >= 4 is 22.6 Å². The SMILES string of the molecule is COCCN(Cc1cccc(CCNc2ncc(C)n(CC(=O)NCc3ccc4[nH]cc(C)c4c3)c2=O)c1)C(O)C(F)(F)F. The summed E-state index contributed by atoms with van der Waals surface area (Å²) in [5, 5.41) is 16.8. The predicted octanol–water partition coefficient (Wildman–Crippen LogP) is 3.64. The van der Waals surface area contributed by atoms with Gasteiger partial charge in [0.25, 0.3) is 5.56 Å². The number of rotatable bonds is 14. The van der Waals surface area contributed by atoms with Crippen LogP contribution in [0.2, 0.25) is 0 Å². The van der Waals surface area contributed by atoms with Crippen LogP contribution in [0.1, 0.15) is 27.9 Å². The molecule has 13 heteroatoms. The van der Waals surface area contributed by atoms with Gasteiger partial charge in [0.15, 0.2) is 5.82 Å². The monoisotopic (exact) mass is 614 g/mol. The van der Waals surface area contributed by atoms with Crippen molar-refractivity contribution in [3.63, 3.8) is 0 Å². The van der Waals surface area contributed by atoms with Crippen molar-refractivity contribution in [2.75, 3.05) is 32.1 Å². The number of aromatic amines is 1. The van der Waals surface area contributed by atoms with Gasteiger partial charge in [-0.25, -0.2) is 4.98 Å². The highest BCUT2D eigenvalue weighted by molar-refractivity contribution is 5.83. The standard InChI is InChI=1S/C31H37F3N6O4/c1-20-15-36-26-8-7-23(14-25(20)26)17-37-27(41)19-40-21(2)16-38-28(29(40)42)35-10-9-22-5-4-6-24(13-22)18-39(11-12-44-3)30(43)31(32,33)34/h4-8,13-16,30,36,43H,9-12,17-19H2,1-3H3,(H,35,38)(H,37,41). The number of hydrogen-bond acceptors (Lipinski definition) is 7. The summed E-state index contributed by atoms with van der Waals surface area (Å²) in [5.74, 6) is -0.225. The minimum Gasteiger partial charge on any atom is -0.383 e. The zero-order valence-corrected chi connectivity index (χ0v) is 24.9. The smallest absolute Gasteiger partial charge is 0.383 e. The Morgan fingerprint density at radius 1 is 1.16 bits per heavy atom. The highest BCUT2D eigenvalue weighted by Crippen LogP contribution is 2.24. The number of hydrogen-bond donors (Lipinski definition) is 4. The van der Waals surface area contributed by atoms with Crippen LogP contribution in [0.3, 0.4) is 0 Å². The Labute approximate surface area is 252 Å². The van der Waals surface area contributed by atoms with Crippen molar-refractivity contribution in [3.05, 3.63) is 93.2 Å². The fourth-order valence-electron chi connectivity index (χ4n) is 4.85. The van der Waals surface area contributed by atoms with E-state index in [1.807, 2.05) is 37.4 Å². The van der Waals surface area contributed by atoms with E-state index in [1.54, 1.807) is 25.1 Å². The average Bonchev–Trinajstić information content (AvgIpc) is 3.36. The molecule has 0 saturated heterocycles. The third-order valence-corrected chi connectivity index (χ3v) is 7.30. The molecule has 10 nitrogen and oxygen atoms in total. The lowest BCUT2D eigenvalue weighted by Crippen LogP contribution is -2.46. The summed E-state index contributed by atoms with van der Waals surface area (Å²) in [5.41, 5.74) is 4.59. The van der Waals surface area contributed by atoms with Crippen molar-refractivity contribution in [3.8, 4) is 0 Å². The highest BCUT2D eigenvalue weighted by atomic mass is 19.4. The zero-order valence-electron chi connectivity index (χ0n) is 24.9. The molecule has 0 saturated carbocycles. The number of fused-ring (bicyclic) bond motifs is 1. The van der Waals surface area contributed by atoms with E-state index in [-0.39, 0.29) is 38.0 Å². The number of H-pyrrole nitrogens is 1. The first-order chi connectivity index (χ1) is 21.0. The third-order valence-electron chi connectivity index (χ3n) is 7.30. The molecule has 1 unspecified atom stereocenters. The van der Waals surface area contributed by atoms with Crippen LogP contribution >= 0.6 is 0 Å². The summed E-state index contributed by atoms with van der Waals surface area (Å²) >= 11 is 0. The Morgan fingerprint density at radius 2 is 1.93 bits per heavy atom. The van der Waals surface area contributed by atoms with E-state index in [1.165, 1.54) is 17.9 Å². The zero-order chi connectivity index (χ0) is 31.9. The fraction of sp³-hybridized carbons (Fsp3) is 0.387. The number of carbonyl (C=O) groups is 1. The fourth-order valence-corrected chi connectivity index (χ4v) is 4.85. The number of benzene rings is 2. The van der Waals surface area contributed by atoms with E-state index < -0.39 is 18.0 Å². The number of amides is 1. The van der Waals surface area contributed by atoms with Gasteiger partial charge >= 0.3 is 6.18 Å². The Balaban J connectivity index is 1.34. The largest absolute Gasteiger partial charge is 0.428 e. The number of aryl methyl sites for hydroxylation is 2. The van der Waals surface area contributed by atoms with Crippen LogP contribution in [0.25, 0.3) is 10.9 Å². The maximum absolute atomic E-state index is 13.2. The molecule has 4 N–H and O–H groups in total. The molecule has 0 aliphatic heterocycles. The van der Waals surface area contributed by atoms with Gasteiger partial charge in [0.05, 0.1) is 6.61 Å². The molecule has 4 rings (SSSR count). The molecule has 0 aliphatic rings. The number of methoxy groups -OCH3 is 1. The van der Waals surface area contributed by atoms with Crippen LogP contribution in [0.15, 0.2) is 59.7 Å². The van der Waals surface area contributed by atoms with Crippen molar-refractivity contribution in [2.45, 2.75) is 52.3 Å². The summed E-state index contributed by atoms with van der Waals surface area (Å²) in [6, 6.07) is 12.9. The first kappa shape index (κ1) is 32.7. The summed E-state index contributed by atoms with van der Waals surface area (Å²) in [6.07, 6.45) is -3.50. The molecule has 2 aromatic carbocycles. The van der Waals surface area contributed by atoms with Gasteiger partial charge in [0, 0.05) is 62.3 Å². The topological polar surface area (TPSA) is 125 Å². The molecule has 0 radical (unpaired) electrons. The molecular formula is C31H37F3N6O4. The van der Waals surface area contributed by atoms with Crippen LogP contribution in [-0.4, -0.2) is 69.7 Å². The molecule has 1 amide bonds. The molecule has 44 heavy (non-hydrogen) atoms. The number of halogens is 3. The first-order valence-corrected chi connectivity index (χ1v) is 14.2. The van der Waals surface area contributed by atoms with Gasteiger partial charge in [0.1, 0.15) is 6.54 Å². The quantitative estimate of drug-likeness (QED) is 0.160. The number of ether oxygens (including phenoxy) is 1. The van der Waals surface area contributed by atoms with Crippen LogP contribution < -0.4 is 16.2 Å². The third kappa shape index (κ3) is 8.46. The Hall–Kier alpha value is -4.20. The molecule has 0 bridgehead atoms. The van der Waals surface area contributed by atoms with Gasteiger partial charge in [-0.3, -0.25) is 19.1 Å². The molecule has 2 aromatic heterocycles. The summed E-state index contributed by atoms with van der Waals surface area (Å²) in [4.78, 5) is 34.2. The Bertz CT molecular complexity index is 1630. The van der Waals surface area contributed by atoms with E-state index in [0.29, 0.717) is 30.8 Å². The second-order valence-electron chi connectivity index (χ2n) is 10.6. The maximum atomic E-state index is 13.2. The normalized spacial score (nSPS) is 12.5. The van der Waals surface area contributed by atoms with Crippen LogP contribution in [0, 0.1) is 13.8 Å². The number of aromatic nitrogens is 3. The first-order valence-electron chi connectivity index (χ1n) is 14.2. The Morgan fingerprint density at radius 3 is 2.68 bits per heavy atom. The van der Waals surface area contributed by atoms with E-state index >= 15 is 0 Å². The van der Waals surface area contributed by atoms with E-state index in [0.717, 1.165) is 32.5 Å². The lowest BCUT2D eigenvalue weighted by atomic mass is 10.1. The van der Waals surface area contributed by atoms with Gasteiger partial charge in [0.2, 0.25) is 12.1 Å². The molecule has 1 atom stereocenters. The number of alkyl halides is 3. The summed E-state index contributed by atoms with van der Waals surface area (Å²) in [7, 11) is 1.38. The number of aliphatic hydroxyl groups is 1. The molecule has 2 heterocycles. The summed E-state index contributed by atoms with van der Waals surface area (Å²) < 4.78 is 45.7. The van der Waals surface area contributed by atoms with E-state index in [9.17, 15) is 27.9 Å². The van der Waals surface area contributed by atoms with Gasteiger partial charge in [-0.15, -0.1) is 0 Å². The molecule has 236 valence electrons.